The van der Waals surface area contributed by atoms with Crippen LogP contribution in [-0.4, -0.2) is 43.6 Å². The standard InChI is InChI=1S/C26H26N2O5/c1-28(17-20-11-12-23-24(15-20)32-14-13-31-23)25(29)18-33-22-10-6-5-9-21(22)26(30)27-16-19-7-3-2-4-8-19/h2-12,15H,13-14,16-18H2,1H3,(H,27,30). The number of likely N-dealkylation sites (N-methyl/N-ethyl adjacent to an activating group) is 1. The van der Waals surface area contributed by atoms with E-state index in [2.05, 4.69) is 5.32 Å². The number of hydrogen-bond donors (Lipinski definition) is 1. The highest BCUT2D eigenvalue weighted by molar-refractivity contribution is 5.97. The predicted molar refractivity (Wildman–Crippen MR) is 123 cm³/mol. The number of ether oxygens (including phenoxy) is 3. The zero-order chi connectivity index (χ0) is 23.0. The van der Waals surface area contributed by atoms with Gasteiger partial charge in [0, 0.05) is 20.1 Å². The molecule has 1 N–H and O–H groups in total. The van der Waals surface area contributed by atoms with Gasteiger partial charge in [0.2, 0.25) is 0 Å². The molecule has 0 radical (unpaired) electrons. The number of amides is 2. The van der Waals surface area contributed by atoms with Gasteiger partial charge in [-0.15, -0.1) is 0 Å². The van der Waals surface area contributed by atoms with Crippen molar-refractivity contribution >= 4 is 11.8 Å². The molecule has 0 atom stereocenters. The average molecular weight is 447 g/mol. The van der Waals surface area contributed by atoms with Gasteiger partial charge >= 0.3 is 0 Å². The van der Waals surface area contributed by atoms with Crippen molar-refractivity contribution in [1.29, 1.82) is 0 Å². The highest BCUT2D eigenvalue weighted by atomic mass is 16.6. The van der Waals surface area contributed by atoms with Crippen LogP contribution < -0.4 is 19.5 Å². The van der Waals surface area contributed by atoms with Gasteiger partial charge in [-0.3, -0.25) is 9.59 Å². The minimum atomic E-state index is -0.258. The van der Waals surface area contributed by atoms with Gasteiger partial charge in [0.15, 0.2) is 18.1 Å². The Morgan fingerprint density at radius 1 is 0.909 bits per heavy atom. The highest BCUT2D eigenvalue weighted by Gasteiger charge is 2.17. The molecule has 0 aliphatic carbocycles. The number of carbonyl (C=O) groups excluding carboxylic acids is 2. The first kappa shape index (κ1) is 22.2. The lowest BCUT2D eigenvalue weighted by atomic mass is 10.1. The van der Waals surface area contributed by atoms with Gasteiger partial charge in [0.05, 0.1) is 5.56 Å². The molecule has 4 rings (SSSR count). The molecule has 170 valence electrons. The van der Waals surface area contributed by atoms with Crippen molar-refractivity contribution in [1.82, 2.24) is 10.2 Å². The fourth-order valence-corrected chi connectivity index (χ4v) is 3.45. The lowest BCUT2D eigenvalue weighted by molar-refractivity contribution is -0.132. The lowest BCUT2D eigenvalue weighted by Gasteiger charge is -2.21. The lowest BCUT2D eigenvalue weighted by Crippen LogP contribution is -2.31. The average Bonchev–Trinajstić information content (AvgIpc) is 2.86. The van der Waals surface area contributed by atoms with E-state index in [4.69, 9.17) is 14.2 Å². The number of rotatable bonds is 8. The van der Waals surface area contributed by atoms with Crippen LogP contribution in [0.2, 0.25) is 0 Å². The summed E-state index contributed by atoms with van der Waals surface area (Å²) < 4.78 is 16.9. The second-order valence-corrected chi connectivity index (χ2v) is 7.68. The number of hydrogen-bond acceptors (Lipinski definition) is 5. The Morgan fingerprint density at radius 3 is 2.45 bits per heavy atom. The zero-order valence-corrected chi connectivity index (χ0v) is 18.5. The van der Waals surface area contributed by atoms with Crippen LogP contribution in [0.15, 0.2) is 72.8 Å². The van der Waals surface area contributed by atoms with Crippen molar-refractivity contribution in [3.8, 4) is 17.2 Å². The molecule has 7 nitrogen and oxygen atoms in total. The molecule has 2 amide bonds. The molecule has 3 aromatic rings. The van der Waals surface area contributed by atoms with Gasteiger partial charge in [-0.2, -0.15) is 0 Å². The van der Waals surface area contributed by atoms with Crippen LogP contribution in [-0.2, 0) is 17.9 Å². The second-order valence-electron chi connectivity index (χ2n) is 7.68. The zero-order valence-electron chi connectivity index (χ0n) is 18.5. The van der Waals surface area contributed by atoms with Crippen LogP contribution in [0.1, 0.15) is 21.5 Å². The van der Waals surface area contributed by atoms with Crippen LogP contribution in [0.3, 0.4) is 0 Å². The highest BCUT2D eigenvalue weighted by Crippen LogP contribution is 2.31. The number of benzene rings is 3. The van der Waals surface area contributed by atoms with E-state index in [0.29, 0.717) is 49.1 Å². The molecule has 1 aliphatic rings. The summed E-state index contributed by atoms with van der Waals surface area (Å²) >= 11 is 0. The molecular formula is C26H26N2O5. The van der Waals surface area contributed by atoms with E-state index in [1.54, 1.807) is 36.2 Å². The van der Waals surface area contributed by atoms with Gasteiger partial charge in [0.25, 0.3) is 11.8 Å². The molecular weight excluding hydrogens is 420 g/mol. The van der Waals surface area contributed by atoms with Crippen LogP contribution in [0, 0.1) is 0 Å². The minimum Gasteiger partial charge on any atom is -0.486 e. The number of para-hydroxylation sites is 1. The fraction of sp³-hybridized carbons (Fsp3) is 0.231. The van der Waals surface area contributed by atoms with Crippen molar-refractivity contribution < 1.29 is 23.8 Å². The molecule has 0 saturated heterocycles. The molecule has 33 heavy (non-hydrogen) atoms. The summed E-state index contributed by atoms with van der Waals surface area (Å²) in [5.74, 6) is 1.30. The molecule has 1 heterocycles. The van der Waals surface area contributed by atoms with E-state index < -0.39 is 0 Å². The van der Waals surface area contributed by atoms with Gasteiger partial charge in [-0.25, -0.2) is 0 Å². The quantitative estimate of drug-likeness (QED) is 0.574. The third kappa shape index (κ3) is 5.83. The van der Waals surface area contributed by atoms with Crippen LogP contribution >= 0.6 is 0 Å². The Kier molecular flexibility index (Phi) is 7.09. The van der Waals surface area contributed by atoms with E-state index in [-0.39, 0.29) is 18.4 Å². The summed E-state index contributed by atoms with van der Waals surface area (Å²) in [5, 5.41) is 2.89. The van der Waals surface area contributed by atoms with Crippen LogP contribution in [0.4, 0.5) is 0 Å². The van der Waals surface area contributed by atoms with Crippen molar-refractivity contribution in [2.24, 2.45) is 0 Å². The number of nitrogens with zero attached hydrogens (tertiary/aromatic N) is 1. The molecule has 0 saturated carbocycles. The Labute approximate surface area is 192 Å². The first-order chi connectivity index (χ1) is 16.1. The predicted octanol–water partition coefficient (Wildman–Crippen LogP) is 3.43. The third-order valence-corrected chi connectivity index (χ3v) is 5.23. The van der Waals surface area contributed by atoms with Gasteiger partial charge in [-0.1, -0.05) is 48.5 Å². The molecule has 7 heteroatoms. The van der Waals surface area contributed by atoms with E-state index >= 15 is 0 Å². The summed E-state index contributed by atoms with van der Waals surface area (Å²) in [4.78, 5) is 26.9. The second kappa shape index (κ2) is 10.5. The normalized spacial score (nSPS) is 12.0. The largest absolute Gasteiger partial charge is 0.486 e. The maximum atomic E-state index is 12.7. The monoisotopic (exact) mass is 446 g/mol. The summed E-state index contributed by atoms with van der Waals surface area (Å²) in [5.41, 5.74) is 2.31. The summed E-state index contributed by atoms with van der Waals surface area (Å²) in [7, 11) is 1.71. The van der Waals surface area contributed by atoms with E-state index in [1.165, 1.54) is 0 Å². The Morgan fingerprint density at radius 2 is 1.64 bits per heavy atom. The molecule has 3 aromatic carbocycles. The van der Waals surface area contributed by atoms with E-state index in [0.717, 1.165) is 11.1 Å². The Balaban J connectivity index is 1.33. The van der Waals surface area contributed by atoms with Crippen molar-refractivity contribution in [2.45, 2.75) is 13.1 Å². The Bertz CT molecular complexity index is 1120. The summed E-state index contributed by atoms with van der Waals surface area (Å²) in [6.07, 6.45) is 0. The minimum absolute atomic E-state index is 0.177. The number of nitrogens with one attached hydrogen (secondary N) is 1. The Hall–Kier alpha value is -4.00. The molecule has 1 aliphatic heterocycles. The van der Waals surface area contributed by atoms with Gasteiger partial charge in [0.1, 0.15) is 19.0 Å². The number of fused-ring (bicyclic) bond motifs is 1. The SMILES string of the molecule is CN(Cc1ccc2c(c1)OCCO2)C(=O)COc1ccccc1C(=O)NCc1ccccc1. The molecule has 0 spiro atoms. The van der Waals surface area contributed by atoms with Gasteiger partial charge < -0.3 is 24.4 Å². The first-order valence-electron chi connectivity index (χ1n) is 10.8. The van der Waals surface area contributed by atoms with Crippen molar-refractivity contribution in [3.05, 3.63) is 89.5 Å². The van der Waals surface area contributed by atoms with Gasteiger partial charge in [-0.05, 0) is 35.4 Å². The van der Waals surface area contributed by atoms with E-state index in [9.17, 15) is 9.59 Å². The summed E-state index contributed by atoms with van der Waals surface area (Å²) in [6, 6.07) is 22.2. The maximum Gasteiger partial charge on any atom is 0.260 e. The third-order valence-electron chi connectivity index (χ3n) is 5.23. The van der Waals surface area contributed by atoms with Crippen LogP contribution in [0.25, 0.3) is 0 Å². The number of carbonyl (C=O) groups is 2. The molecule has 0 bridgehead atoms. The van der Waals surface area contributed by atoms with Crippen LogP contribution in [0.5, 0.6) is 17.2 Å². The van der Waals surface area contributed by atoms with Crippen molar-refractivity contribution in [3.63, 3.8) is 0 Å². The van der Waals surface area contributed by atoms with E-state index in [1.807, 2.05) is 48.5 Å². The summed E-state index contributed by atoms with van der Waals surface area (Å²) in [6.45, 7) is 1.68. The topological polar surface area (TPSA) is 77.1 Å². The molecule has 0 unspecified atom stereocenters. The smallest absolute Gasteiger partial charge is 0.260 e. The maximum absolute atomic E-state index is 12.7. The molecule has 0 fully saturated rings. The fourth-order valence-electron chi connectivity index (χ4n) is 3.45. The molecule has 0 aromatic heterocycles. The first-order valence-corrected chi connectivity index (χ1v) is 10.8. The van der Waals surface area contributed by atoms with Crippen molar-refractivity contribution in [2.75, 3.05) is 26.9 Å².